The summed E-state index contributed by atoms with van der Waals surface area (Å²) in [5.74, 6) is 2.82. The number of hydrogen-bond donors (Lipinski definition) is 2. The highest BCUT2D eigenvalue weighted by molar-refractivity contribution is 5.93. The Balaban J connectivity index is 1.57. The van der Waals surface area contributed by atoms with E-state index < -0.39 is 0 Å². The molecule has 3 rings (SSSR count). The van der Waals surface area contributed by atoms with Crippen molar-refractivity contribution in [3.63, 3.8) is 0 Å². The van der Waals surface area contributed by atoms with E-state index in [1.54, 1.807) is 20.4 Å². The number of aliphatic imine (C=N–C) groups is 1. The molecule has 0 radical (unpaired) electrons. The quantitative estimate of drug-likeness (QED) is 0.398. The first-order chi connectivity index (χ1) is 15.2. The lowest BCUT2D eigenvalue weighted by atomic mass is 10.2. The normalized spacial score (nSPS) is 11.0. The molecule has 0 aliphatic heterocycles. The molecule has 162 valence electrons. The van der Waals surface area contributed by atoms with Gasteiger partial charge in [0.2, 0.25) is 0 Å². The number of ether oxygens (including phenoxy) is 3. The highest BCUT2D eigenvalue weighted by atomic mass is 16.5. The summed E-state index contributed by atoms with van der Waals surface area (Å²) >= 11 is 0. The number of aromatic nitrogens is 1. The smallest absolute Gasteiger partial charge is 0.195 e. The van der Waals surface area contributed by atoms with E-state index >= 15 is 0 Å². The van der Waals surface area contributed by atoms with Gasteiger partial charge in [-0.15, -0.1) is 0 Å². The van der Waals surface area contributed by atoms with Crippen LogP contribution < -0.4 is 24.8 Å². The first kappa shape index (κ1) is 22.0. The molecule has 31 heavy (non-hydrogen) atoms. The Bertz CT molecular complexity index is 993. The van der Waals surface area contributed by atoms with Crippen LogP contribution in [0.2, 0.25) is 0 Å². The molecule has 0 fully saturated rings. The monoisotopic (exact) mass is 420 g/mol. The molecule has 3 aromatic rings. The lowest BCUT2D eigenvalue weighted by Crippen LogP contribution is -2.30. The Morgan fingerprint density at radius 2 is 1.90 bits per heavy atom. The topological polar surface area (TPSA) is 77.0 Å². The van der Waals surface area contributed by atoms with E-state index in [0.717, 1.165) is 22.7 Å². The number of benzene rings is 2. The van der Waals surface area contributed by atoms with E-state index in [1.165, 1.54) is 0 Å². The van der Waals surface area contributed by atoms with Crippen LogP contribution in [0.5, 0.6) is 17.2 Å². The number of nitrogens with zero attached hydrogens (tertiary/aromatic N) is 2. The van der Waals surface area contributed by atoms with Crippen LogP contribution in [0.3, 0.4) is 0 Å². The van der Waals surface area contributed by atoms with E-state index in [1.807, 2.05) is 67.6 Å². The van der Waals surface area contributed by atoms with Gasteiger partial charge in [0.05, 0.1) is 19.4 Å². The van der Waals surface area contributed by atoms with Crippen molar-refractivity contribution in [3.05, 3.63) is 78.1 Å². The van der Waals surface area contributed by atoms with Gasteiger partial charge in [0.25, 0.3) is 0 Å². The summed E-state index contributed by atoms with van der Waals surface area (Å²) in [6, 6.07) is 19.4. The highest BCUT2D eigenvalue weighted by Gasteiger charge is 2.07. The number of methoxy groups -OCH3 is 1. The Morgan fingerprint density at radius 1 is 1.00 bits per heavy atom. The van der Waals surface area contributed by atoms with Crippen molar-refractivity contribution in [2.24, 2.45) is 4.99 Å². The van der Waals surface area contributed by atoms with Crippen molar-refractivity contribution in [2.45, 2.75) is 20.1 Å². The number of pyridine rings is 1. The number of anilines is 1. The van der Waals surface area contributed by atoms with Gasteiger partial charge in [-0.1, -0.05) is 18.2 Å². The van der Waals surface area contributed by atoms with Gasteiger partial charge in [-0.25, -0.2) is 0 Å². The number of rotatable bonds is 9. The largest absolute Gasteiger partial charge is 0.493 e. The predicted molar refractivity (Wildman–Crippen MR) is 123 cm³/mol. The minimum Gasteiger partial charge on any atom is -0.493 e. The van der Waals surface area contributed by atoms with Gasteiger partial charge in [0.1, 0.15) is 12.4 Å². The van der Waals surface area contributed by atoms with Gasteiger partial charge < -0.3 is 24.8 Å². The first-order valence-electron chi connectivity index (χ1n) is 10.1. The van der Waals surface area contributed by atoms with Crippen molar-refractivity contribution in [2.75, 3.05) is 26.1 Å². The standard InChI is InChI=1S/C24H28N4O3/c1-4-30-23-15-19(11-12-22(23)29-3)28-24(25-2)27-16-18-8-7-10-21(14-18)31-17-20-9-5-6-13-26-20/h5-15H,4,16-17H2,1-3H3,(H2,25,27,28). The van der Waals surface area contributed by atoms with Gasteiger partial charge in [0, 0.05) is 31.5 Å². The van der Waals surface area contributed by atoms with Gasteiger partial charge in [-0.05, 0) is 48.9 Å². The molecule has 7 nitrogen and oxygen atoms in total. The molecule has 0 saturated carbocycles. The molecule has 0 amide bonds. The number of nitrogens with one attached hydrogen (secondary N) is 2. The van der Waals surface area contributed by atoms with Crippen LogP contribution in [0.4, 0.5) is 5.69 Å². The maximum Gasteiger partial charge on any atom is 0.195 e. The second kappa shape index (κ2) is 11.4. The molecular formula is C24H28N4O3. The van der Waals surface area contributed by atoms with Crippen LogP contribution in [0.1, 0.15) is 18.2 Å². The maximum atomic E-state index is 5.86. The summed E-state index contributed by atoms with van der Waals surface area (Å²) < 4.78 is 16.8. The summed E-state index contributed by atoms with van der Waals surface area (Å²) in [5, 5.41) is 6.59. The third-order valence-corrected chi connectivity index (χ3v) is 4.42. The van der Waals surface area contributed by atoms with Crippen molar-refractivity contribution in [3.8, 4) is 17.2 Å². The second-order valence-corrected chi connectivity index (χ2v) is 6.61. The molecule has 1 heterocycles. The molecule has 0 spiro atoms. The second-order valence-electron chi connectivity index (χ2n) is 6.61. The van der Waals surface area contributed by atoms with Gasteiger partial charge in [0.15, 0.2) is 17.5 Å². The number of guanidine groups is 1. The molecule has 0 saturated heterocycles. The van der Waals surface area contributed by atoms with Crippen molar-refractivity contribution in [1.29, 1.82) is 0 Å². The van der Waals surface area contributed by atoms with E-state index in [-0.39, 0.29) is 0 Å². The molecule has 0 atom stereocenters. The fourth-order valence-corrected chi connectivity index (χ4v) is 2.91. The van der Waals surface area contributed by atoms with Crippen LogP contribution in [-0.2, 0) is 13.2 Å². The SMILES string of the molecule is CCOc1cc(NC(=NC)NCc2cccc(OCc3ccccn3)c2)ccc1OC. The fraction of sp³-hybridized carbons (Fsp3) is 0.250. The average molecular weight is 421 g/mol. The first-order valence-corrected chi connectivity index (χ1v) is 10.1. The number of hydrogen-bond acceptors (Lipinski definition) is 5. The van der Waals surface area contributed by atoms with Crippen molar-refractivity contribution >= 4 is 11.6 Å². The van der Waals surface area contributed by atoms with E-state index in [2.05, 4.69) is 20.6 Å². The fourth-order valence-electron chi connectivity index (χ4n) is 2.91. The summed E-state index contributed by atoms with van der Waals surface area (Å²) in [5.41, 5.74) is 2.82. The molecule has 0 aliphatic carbocycles. The van der Waals surface area contributed by atoms with Crippen LogP contribution in [-0.4, -0.2) is 31.7 Å². The summed E-state index contributed by atoms with van der Waals surface area (Å²) in [7, 11) is 3.36. The summed E-state index contributed by atoms with van der Waals surface area (Å²) in [4.78, 5) is 8.58. The third-order valence-electron chi connectivity index (χ3n) is 4.42. The Kier molecular flexibility index (Phi) is 8.11. The zero-order chi connectivity index (χ0) is 21.9. The van der Waals surface area contributed by atoms with Crippen LogP contribution in [0, 0.1) is 0 Å². The Hall–Kier alpha value is -3.74. The van der Waals surface area contributed by atoms with E-state index in [9.17, 15) is 0 Å². The van der Waals surface area contributed by atoms with Crippen LogP contribution in [0.25, 0.3) is 0 Å². The maximum absolute atomic E-state index is 5.86. The highest BCUT2D eigenvalue weighted by Crippen LogP contribution is 2.30. The lowest BCUT2D eigenvalue weighted by Gasteiger charge is -2.15. The van der Waals surface area contributed by atoms with Crippen molar-refractivity contribution in [1.82, 2.24) is 10.3 Å². The Labute approximate surface area is 183 Å². The molecule has 2 aromatic carbocycles. The molecule has 7 heteroatoms. The predicted octanol–water partition coefficient (Wildman–Crippen LogP) is 4.26. The molecule has 1 aromatic heterocycles. The average Bonchev–Trinajstić information content (AvgIpc) is 2.82. The zero-order valence-corrected chi connectivity index (χ0v) is 18.1. The minimum atomic E-state index is 0.431. The Morgan fingerprint density at radius 3 is 2.65 bits per heavy atom. The van der Waals surface area contributed by atoms with E-state index in [0.29, 0.717) is 37.2 Å². The zero-order valence-electron chi connectivity index (χ0n) is 18.1. The minimum absolute atomic E-state index is 0.431. The van der Waals surface area contributed by atoms with Crippen LogP contribution in [0.15, 0.2) is 71.9 Å². The van der Waals surface area contributed by atoms with Gasteiger partial charge >= 0.3 is 0 Å². The summed E-state index contributed by atoms with van der Waals surface area (Å²) in [6.07, 6.45) is 1.76. The van der Waals surface area contributed by atoms with E-state index in [4.69, 9.17) is 14.2 Å². The molecule has 0 aliphatic rings. The third kappa shape index (κ3) is 6.64. The molecular weight excluding hydrogens is 392 g/mol. The van der Waals surface area contributed by atoms with Gasteiger partial charge in [-0.2, -0.15) is 0 Å². The summed E-state index contributed by atoms with van der Waals surface area (Å²) in [6.45, 7) is 3.52. The van der Waals surface area contributed by atoms with Crippen molar-refractivity contribution < 1.29 is 14.2 Å². The molecule has 0 unspecified atom stereocenters. The molecule has 0 bridgehead atoms. The van der Waals surface area contributed by atoms with Gasteiger partial charge in [-0.3, -0.25) is 9.98 Å². The molecule has 2 N–H and O–H groups in total. The van der Waals surface area contributed by atoms with Crippen LogP contribution >= 0.6 is 0 Å². The lowest BCUT2D eigenvalue weighted by molar-refractivity contribution is 0.301.